The molecular formula is C19H29N3O. The number of nitrogens with one attached hydrogen (secondary N) is 2. The summed E-state index contributed by atoms with van der Waals surface area (Å²) in [5, 5.41) is 10.4. The average molecular weight is 315 g/mol. The van der Waals surface area contributed by atoms with E-state index in [9.17, 15) is 4.79 Å². The lowest BCUT2D eigenvalue weighted by molar-refractivity contribution is -0.129. The predicted molar refractivity (Wildman–Crippen MR) is 90.0 cm³/mol. The van der Waals surface area contributed by atoms with Gasteiger partial charge in [-0.2, -0.15) is 5.10 Å². The second kappa shape index (κ2) is 5.64. The van der Waals surface area contributed by atoms with E-state index in [-0.39, 0.29) is 5.91 Å². The first-order valence-corrected chi connectivity index (χ1v) is 9.30. The maximum Gasteiger partial charge on any atom is 0.220 e. The normalized spacial score (nSPS) is 34.8. The number of carbonyl (C=O) groups is 1. The van der Waals surface area contributed by atoms with Crippen LogP contribution in [-0.2, 0) is 11.2 Å². The SMILES string of the molecule is Cc1n[nH]c(C)c1CCNC(=O)CC12CC3CC(CC(C3)C1)C2. The standard InChI is InChI=1S/C19H29N3O/c1-12-17(13(2)22-21-12)3-4-20-18(23)11-19-8-14-5-15(9-19)7-16(6-14)10-19/h14-16H,3-11H2,1-2H3,(H,20,23)(H,21,22). The van der Waals surface area contributed by atoms with E-state index in [1.807, 2.05) is 13.8 Å². The summed E-state index contributed by atoms with van der Waals surface area (Å²) in [6, 6.07) is 0. The van der Waals surface area contributed by atoms with Crippen molar-refractivity contribution in [3.63, 3.8) is 0 Å². The Labute approximate surface area is 138 Å². The highest BCUT2D eigenvalue weighted by Gasteiger charge is 2.51. The summed E-state index contributed by atoms with van der Waals surface area (Å²) in [4.78, 5) is 12.5. The summed E-state index contributed by atoms with van der Waals surface area (Å²) in [5.74, 6) is 3.03. The molecule has 5 rings (SSSR count). The van der Waals surface area contributed by atoms with Gasteiger partial charge in [-0.05, 0) is 87.5 Å². The molecule has 4 aliphatic rings. The van der Waals surface area contributed by atoms with Gasteiger partial charge in [0.25, 0.3) is 0 Å². The minimum absolute atomic E-state index is 0.269. The van der Waals surface area contributed by atoms with Gasteiger partial charge in [-0.15, -0.1) is 0 Å². The second-order valence-corrected chi connectivity index (χ2v) is 8.61. The van der Waals surface area contributed by atoms with Gasteiger partial charge in [-0.3, -0.25) is 9.89 Å². The first kappa shape index (κ1) is 15.2. The maximum atomic E-state index is 12.5. The van der Waals surface area contributed by atoms with Crippen LogP contribution in [-0.4, -0.2) is 22.6 Å². The molecule has 4 heteroatoms. The monoisotopic (exact) mass is 315 g/mol. The van der Waals surface area contributed by atoms with Crippen LogP contribution in [0.4, 0.5) is 0 Å². The molecule has 0 spiro atoms. The molecule has 4 fully saturated rings. The van der Waals surface area contributed by atoms with Crippen molar-refractivity contribution in [2.75, 3.05) is 6.54 Å². The van der Waals surface area contributed by atoms with Gasteiger partial charge in [0.05, 0.1) is 5.69 Å². The Bertz CT molecular complexity index is 549. The average Bonchev–Trinajstić information content (AvgIpc) is 2.77. The van der Waals surface area contributed by atoms with Crippen LogP contribution in [0.1, 0.15) is 61.9 Å². The van der Waals surface area contributed by atoms with Gasteiger partial charge in [0.1, 0.15) is 0 Å². The van der Waals surface area contributed by atoms with Gasteiger partial charge in [0.2, 0.25) is 5.91 Å². The number of hydrogen-bond acceptors (Lipinski definition) is 2. The van der Waals surface area contributed by atoms with Gasteiger partial charge in [0.15, 0.2) is 0 Å². The number of aromatic amines is 1. The maximum absolute atomic E-state index is 12.5. The molecule has 4 nitrogen and oxygen atoms in total. The molecule has 1 amide bonds. The van der Waals surface area contributed by atoms with Gasteiger partial charge >= 0.3 is 0 Å². The third-order valence-corrected chi connectivity index (χ3v) is 6.68. The number of H-pyrrole nitrogens is 1. The fourth-order valence-electron chi connectivity index (χ4n) is 6.18. The van der Waals surface area contributed by atoms with Crippen LogP contribution >= 0.6 is 0 Å². The summed E-state index contributed by atoms with van der Waals surface area (Å²) in [7, 11) is 0. The van der Waals surface area contributed by atoms with E-state index in [0.717, 1.165) is 48.5 Å². The number of aromatic nitrogens is 2. The van der Waals surface area contributed by atoms with Crippen LogP contribution in [0.5, 0.6) is 0 Å². The smallest absolute Gasteiger partial charge is 0.220 e. The van der Waals surface area contributed by atoms with E-state index in [1.54, 1.807) is 0 Å². The fourth-order valence-corrected chi connectivity index (χ4v) is 6.18. The van der Waals surface area contributed by atoms with E-state index in [4.69, 9.17) is 0 Å². The highest BCUT2D eigenvalue weighted by atomic mass is 16.1. The molecular weight excluding hydrogens is 286 g/mol. The predicted octanol–water partition coefficient (Wildman–Crippen LogP) is 3.29. The molecule has 0 radical (unpaired) electrons. The van der Waals surface area contributed by atoms with Crippen LogP contribution in [0.25, 0.3) is 0 Å². The fraction of sp³-hybridized carbons (Fsp3) is 0.789. The van der Waals surface area contributed by atoms with Gasteiger partial charge in [-0.1, -0.05) is 0 Å². The molecule has 2 N–H and O–H groups in total. The number of aryl methyl sites for hydroxylation is 2. The molecule has 0 saturated heterocycles. The Hall–Kier alpha value is -1.32. The van der Waals surface area contributed by atoms with E-state index < -0.39 is 0 Å². The molecule has 4 bridgehead atoms. The van der Waals surface area contributed by atoms with Crippen molar-refractivity contribution in [1.29, 1.82) is 0 Å². The van der Waals surface area contributed by atoms with Gasteiger partial charge in [-0.25, -0.2) is 0 Å². The number of rotatable bonds is 5. The van der Waals surface area contributed by atoms with Crippen molar-refractivity contribution < 1.29 is 4.79 Å². The van der Waals surface area contributed by atoms with Gasteiger partial charge < -0.3 is 5.32 Å². The van der Waals surface area contributed by atoms with Crippen molar-refractivity contribution in [3.8, 4) is 0 Å². The molecule has 1 heterocycles. The number of carbonyl (C=O) groups excluding carboxylic acids is 1. The van der Waals surface area contributed by atoms with Crippen LogP contribution in [0, 0.1) is 37.0 Å². The third kappa shape index (κ3) is 2.92. The number of hydrogen-bond donors (Lipinski definition) is 2. The molecule has 1 aromatic rings. The van der Waals surface area contributed by atoms with Crippen molar-refractivity contribution in [3.05, 3.63) is 17.0 Å². The molecule has 4 aliphatic carbocycles. The molecule has 0 aliphatic heterocycles. The quantitative estimate of drug-likeness (QED) is 0.876. The zero-order chi connectivity index (χ0) is 16.0. The summed E-state index contributed by atoms with van der Waals surface area (Å²) in [6.07, 6.45) is 9.91. The molecule has 0 aromatic carbocycles. The van der Waals surface area contributed by atoms with Crippen LogP contribution < -0.4 is 5.32 Å². The van der Waals surface area contributed by atoms with Gasteiger partial charge in [0, 0.05) is 18.7 Å². The Kier molecular flexibility index (Phi) is 3.73. The van der Waals surface area contributed by atoms with Crippen LogP contribution in [0.2, 0.25) is 0 Å². The molecule has 4 saturated carbocycles. The lowest BCUT2D eigenvalue weighted by atomic mass is 9.49. The first-order chi connectivity index (χ1) is 11.0. The lowest BCUT2D eigenvalue weighted by Crippen LogP contribution is -2.48. The Morgan fingerprint density at radius 1 is 1.17 bits per heavy atom. The van der Waals surface area contributed by atoms with Crippen molar-refractivity contribution >= 4 is 5.91 Å². The Morgan fingerprint density at radius 2 is 1.78 bits per heavy atom. The minimum Gasteiger partial charge on any atom is -0.356 e. The molecule has 1 aromatic heterocycles. The van der Waals surface area contributed by atoms with Crippen molar-refractivity contribution in [2.24, 2.45) is 23.2 Å². The van der Waals surface area contributed by atoms with Crippen LogP contribution in [0.3, 0.4) is 0 Å². The minimum atomic E-state index is 0.269. The van der Waals surface area contributed by atoms with Crippen molar-refractivity contribution in [1.82, 2.24) is 15.5 Å². The molecule has 126 valence electrons. The van der Waals surface area contributed by atoms with E-state index in [2.05, 4.69) is 15.5 Å². The van der Waals surface area contributed by atoms with E-state index in [1.165, 1.54) is 44.1 Å². The summed E-state index contributed by atoms with van der Waals surface area (Å²) in [6.45, 7) is 4.80. The lowest BCUT2D eigenvalue weighted by Gasteiger charge is -2.56. The molecule has 23 heavy (non-hydrogen) atoms. The topological polar surface area (TPSA) is 57.8 Å². The molecule has 0 atom stereocenters. The Morgan fingerprint density at radius 3 is 2.30 bits per heavy atom. The third-order valence-electron chi connectivity index (χ3n) is 6.68. The number of amides is 1. The largest absolute Gasteiger partial charge is 0.356 e. The Balaban J connectivity index is 1.30. The molecule has 0 unspecified atom stereocenters. The van der Waals surface area contributed by atoms with E-state index in [0.29, 0.717) is 5.41 Å². The highest BCUT2D eigenvalue weighted by Crippen LogP contribution is 2.61. The van der Waals surface area contributed by atoms with Crippen LogP contribution in [0.15, 0.2) is 0 Å². The first-order valence-electron chi connectivity index (χ1n) is 9.30. The number of nitrogens with zero attached hydrogens (tertiary/aromatic N) is 1. The summed E-state index contributed by atoms with van der Waals surface area (Å²) >= 11 is 0. The highest BCUT2D eigenvalue weighted by molar-refractivity contribution is 5.76. The zero-order valence-electron chi connectivity index (χ0n) is 14.5. The van der Waals surface area contributed by atoms with Crippen molar-refractivity contribution in [2.45, 2.75) is 65.2 Å². The second-order valence-electron chi connectivity index (χ2n) is 8.61. The van der Waals surface area contributed by atoms with E-state index >= 15 is 0 Å². The summed E-state index contributed by atoms with van der Waals surface area (Å²) < 4.78 is 0. The zero-order valence-corrected chi connectivity index (χ0v) is 14.5. The summed E-state index contributed by atoms with van der Waals surface area (Å²) in [5.41, 5.74) is 3.77.